The van der Waals surface area contributed by atoms with Crippen molar-refractivity contribution < 1.29 is 19.0 Å². The summed E-state index contributed by atoms with van der Waals surface area (Å²) < 4.78 is 15.9. The lowest BCUT2D eigenvalue weighted by atomic mass is 10.1. The van der Waals surface area contributed by atoms with E-state index in [9.17, 15) is 4.79 Å². The Balaban J connectivity index is 2.15. The summed E-state index contributed by atoms with van der Waals surface area (Å²) >= 11 is 0. The van der Waals surface area contributed by atoms with Crippen LogP contribution in [-0.4, -0.2) is 45.2 Å². The Labute approximate surface area is 161 Å². The van der Waals surface area contributed by atoms with Crippen LogP contribution in [0.15, 0.2) is 36.4 Å². The molecule has 0 radical (unpaired) electrons. The average Bonchev–Trinajstić information content (AvgIpc) is 2.71. The number of hydrogen-bond acceptors (Lipinski definition) is 5. The van der Waals surface area contributed by atoms with Gasteiger partial charge in [-0.2, -0.15) is 0 Å². The van der Waals surface area contributed by atoms with Crippen LogP contribution in [0.25, 0.3) is 0 Å². The summed E-state index contributed by atoms with van der Waals surface area (Å²) in [5.41, 5.74) is 2.34. The number of benzene rings is 2. The standard InChI is InChI=1S/C21H28N2O4/c1-6-23(7-2)14-15-8-10-16(11-9-15)21(24)22-17-12-18(25-3)20(27-5)19(13-17)26-4/h8-13H,6-7,14H2,1-5H3,(H,22,24). The van der Waals surface area contributed by atoms with Crippen LogP contribution >= 0.6 is 0 Å². The Morgan fingerprint density at radius 2 is 1.48 bits per heavy atom. The summed E-state index contributed by atoms with van der Waals surface area (Å²) in [5, 5.41) is 2.88. The molecule has 0 unspecified atom stereocenters. The molecule has 0 saturated heterocycles. The zero-order valence-electron chi connectivity index (χ0n) is 16.7. The van der Waals surface area contributed by atoms with E-state index in [1.54, 1.807) is 19.2 Å². The van der Waals surface area contributed by atoms with Gasteiger partial charge < -0.3 is 19.5 Å². The van der Waals surface area contributed by atoms with E-state index in [0.29, 0.717) is 28.5 Å². The number of carbonyl (C=O) groups excluding carboxylic acids is 1. The Kier molecular flexibility index (Phi) is 7.49. The molecule has 27 heavy (non-hydrogen) atoms. The first-order valence-electron chi connectivity index (χ1n) is 8.98. The average molecular weight is 372 g/mol. The van der Waals surface area contributed by atoms with Gasteiger partial charge in [-0.3, -0.25) is 9.69 Å². The number of anilines is 1. The third kappa shape index (κ3) is 5.14. The summed E-state index contributed by atoms with van der Waals surface area (Å²) in [6.45, 7) is 7.16. The third-order valence-corrected chi connectivity index (χ3v) is 4.44. The molecule has 1 amide bonds. The monoisotopic (exact) mass is 372 g/mol. The van der Waals surface area contributed by atoms with E-state index < -0.39 is 0 Å². The predicted molar refractivity (Wildman–Crippen MR) is 107 cm³/mol. The molecule has 6 heteroatoms. The smallest absolute Gasteiger partial charge is 0.255 e. The van der Waals surface area contributed by atoms with Crippen molar-refractivity contribution >= 4 is 11.6 Å². The van der Waals surface area contributed by atoms with Crippen molar-refractivity contribution in [2.75, 3.05) is 39.7 Å². The highest BCUT2D eigenvalue weighted by Crippen LogP contribution is 2.40. The zero-order chi connectivity index (χ0) is 19.8. The van der Waals surface area contributed by atoms with Crippen molar-refractivity contribution in [1.29, 1.82) is 0 Å². The van der Waals surface area contributed by atoms with Crippen molar-refractivity contribution in [3.63, 3.8) is 0 Å². The van der Waals surface area contributed by atoms with Crippen LogP contribution in [-0.2, 0) is 6.54 Å². The van der Waals surface area contributed by atoms with Gasteiger partial charge in [-0.1, -0.05) is 26.0 Å². The second-order valence-electron chi connectivity index (χ2n) is 6.03. The molecule has 2 aromatic carbocycles. The van der Waals surface area contributed by atoms with Gasteiger partial charge >= 0.3 is 0 Å². The quantitative estimate of drug-likeness (QED) is 0.725. The summed E-state index contributed by atoms with van der Waals surface area (Å²) in [4.78, 5) is 14.9. The Bertz CT molecular complexity index is 730. The van der Waals surface area contributed by atoms with Gasteiger partial charge in [0.25, 0.3) is 5.91 Å². The maximum atomic E-state index is 12.6. The lowest BCUT2D eigenvalue weighted by molar-refractivity contribution is 0.102. The summed E-state index contributed by atoms with van der Waals surface area (Å²) in [5.74, 6) is 1.26. The van der Waals surface area contributed by atoms with E-state index in [4.69, 9.17) is 14.2 Å². The van der Waals surface area contributed by atoms with E-state index in [1.807, 2.05) is 24.3 Å². The van der Waals surface area contributed by atoms with E-state index in [0.717, 1.165) is 19.6 Å². The molecule has 0 bridgehead atoms. The maximum Gasteiger partial charge on any atom is 0.255 e. The molecule has 2 rings (SSSR count). The number of hydrogen-bond donors (Lipinski definition) is 1. The molecule has 0 aliphatic carbocycles. The number of nitrogens with zero attached hydrogens (tertiary/aromatic N) is 1. The maximum absolute atomic E-state index is 12.6. The molecular weight excluding hydrogens is 344 g/mol. The first-order valence-corrected chi connectivity index (χ1v) is 8.98. The minimum atomic E-state index is -0.196. The molecule has 0 saturated carbocycles. The molecule has 0 fully saturated rings. The van der Waals surface area contributed by atoms with Gasteiger partial charge in [0, 0.05) is 29.9 Å². The summed E-state index contributed by atoms with van der Waals surface area (Å²) in [7, 11) is 4.62. The van der Waals surface area contributed by atoms with E-state index in [1.165, 1.54) is 19.8 Å². The Hall–Kier alpha value is -2.73. The van der Waals surface area contributed by atoms with Crippen LogP contribution in [0.5, 0.6) is 17.2 Å². The second-order valence-corrected chi connectivity index (χ2v) is 6.03. The van der Waals surface area contributed by atoms with Crippen LogP contribution in [0.2, 0.25) is 0 Å². The summed E-state index contributed by atoms with van der Waals surface area (Å²) in [6, 6.07) is 11.1. The van der Waals surface area contributed by atoms with Crippen molar-refractivity contribution in [2.45, 2.75) is 20.4 Å². The van der Waals surface area contributed by atoms with Gasteiger partial charge in [0.05, 0.1) is 21.3 Å². The second kappa shape index (κ2) is 9.83. The molecule has 0 aromatic heterocycles. The minimum Gasteiger partial charge on any atom is -0.493 e. The fraction of sp³-hybridized carbons (Fsp3) is 0.381. The molecule has 6 nitrogen and oxygen atoms in total. The highest BCUT2D eigenvalue weighted by atomic mass is 16.5. The van der Waals surface area contributed by atoms with Crippen molar-refractivity contribution in [3.05, 3.63) is 47.5 Å². The molecular formula is C21H28N2O4. The predicted octanol–water partition coefficient (Wildman–Crippen LogP) is 3.81. The van der Waals surface area contributed by atoms with Gasteiger partial charge in [0.2, 0.25) is 5.75 Å². The molecule has 1 N–H and O–H groups in total. The molecule has 0 spiro atoms. The number of nitrogens with one attached hydrogen (secondary N) is 1. The normalized spacial score (nSPS) is 10.6. The zero-order valence-corrected chi connectivity index (χ0v) is 16.7. The van der Waals surface area contributed by atoms with Gasteiger partial charge in [0.15, 0.2) is 11.5 Å². The Morgan fingerprint density at radius 1 is 0.926 bits per heavy atom. The molecule has 0 heterocycles. The lowest BCUT2D eigenvalue weighted by Crippen LogP contribution is -2.22. The molecule has 0 atom stereocenters. The minimum absolute atomic E-state index is 0.196. The van der Waals surface area contributed by atoms with Gasteiger partial charge in [0.1, 0.15) is 0 Å². The Morgan fingerprint density at radius 3 is 1.93 bits per heavy atom. The fourth-order valence-corrected chi connectivity index (χ4v) is 2.82. The molecule has 0 aliphatic rings. The lowest BCUT2D eigenvalue weighted by Gasteiger charge is -2.18. The van der Waals surface area contributed by atoms with Crippen LogP contribution < -0.4 is 19.5 Å². The number of carbonyl (C=O) groups is 1. The summed E-state index contributed by atoms with van der Waals surface area (Å²) in [6.07, 6.45) is 0. The van der Waals surface area contributed by atoms with Gasteiger partial charge in [-0.05, 0) is 30.8 Å². The van der Waals surface area contributed by atoms with Crippen LogP contribution in [0.1, 0.15) is 29.8 Å². The molecule has 2 aromatic rings. The van der Waals surface area contributed by atoms with E-state index in [2.05, 4.69) is 24.1 Å². The first-order chi connectivity index (χ1) is 13.1. The SMILES string of the molecule is CCN(CC)Cc1ccc(C(=O)Nc2cc(OC)c(OC)c(OC)c2)cc1. The van der Waals surface area contributed by atoms with E-state index in [-0.39, 0.29) is 5.91 Å². The fourth-order valence-electron chi connectivity index (χ4n) is 2.82. The topological polar surface area (TPSA) is 60.0 Å². The van der Waals surface area contributed by atoms with Gasteiger partial charge in [-0.25, -0.2) is 0 Å². The largest absolute Gasteiger partial charge is 0.493 e. The van der Waals surface area contributed by atoms with Gasteiger partial charge in [-0.15, -0.1) is 0 Å². The van der Waals surface area contributed by atoms with Crippen molar-refractivity contribution in [2.24, 2.45) is 0 Å². The molecule has 0 aliphatic heterocycles. The van der Waals surface area contributed by atoms with Crippen LogP contribution in [0, 0.1) is 0 Å². The number of amides is 1. The highest BCUT2D eigenvalue weighted by molar-refractivity contribution is 6.04. The van der Waals surface area contributed by atoms with Crippen LogP contribution in [0.3, 0.4) is 0 Å². The number of methoxy groups -OCH3 is 3. The van der Waals surface area contributed by atoms with Crippen molar-refractivity contribution in [3.8, 4) is 17.2 Å². The van der Waals surface area contributed by atoms with Crippen molar-refractivity contribution in [1.82, 2.24) is 4.90 Å². The first kappa shape index (κ1) is 20.6. The number of rotatable bonds is 9. The highest BCUT2D eigenvalue weighted by Gasteiger charge is 2.15. The third-order valence-electron chi connectivity index (χ3n) is 4.44. The van der Waals surface area contributed by atoms with E-state index >= 15 is 0 Å². The number of ether oxygens (including phenoxy) is 3. The van der Waals surface area contributed by atoms with Crippen LogP contribution in [0.4, 0.5) is 5.69 Å². The molecule has 146 valence electrons.